The predicted molar refractivity (Wildman–Crippen MR) is 91.9 cm³/mol. The number of hydrogen-bond donors (Lipinski definition) is 1. The van der Waals surface area contributed by atoms with Crippen LogP contribution >= 0.6 is 27.5 Å². The van der Waals surface area contributed by atoms with Crippen molar-refractivity contribution in [3.63, 3.8) is 0 Å². The molecule has 0 amide bonds. The molecule has 1 nitrogen and oxygen atoms in total. The highest BCUT2D eigenvalue weighted by atomic mass is 79.9. The second kappa shape index (κ2) is 5.19. The van der Waals surface area contributed by atoms with Gasteiger partial charge in [0.15, 0.2) is 0 Å². The quantitative estimate of drug-likeness (QED) is 0.622. The molecule has 0 spiro atoms. The van der Waals surface area contributed by atoms with E-state index in [0.717, 1.165) is 15.9 Å². The Hall–Kier alpha value is -1.25. The van der Waals surface area contributed by atoms with Crippen LogP contribution in [0.2, 0.25) is 5.02 Å². The second-order valence-electron chi connectivity index (χ2n) is 5.73. The summed E-state index contributed by atoms with van der Waals surface area (Å²) < 4.78 is 1.14. The van der Waals surface area contributed by atoms with E-state index in [4.69, 9.17) is 11.6 Å². The zero-order valence-electron chi connectivity index (χ0n) is 11.4. The summed E-state index contributed by atoms with van der Waals surface area (Å²) in [5.41, 5.74) is 3.93. The molecule has 1 heterocycles. The molecule has 1 aliphatic heterocycles. The fourth-order valence-electron chi connectivity index (χ4n) is 3.58. The Bertz CT molecular complexity index is 708. The van der Waals surface area contributed by atoms with E-state index in [0.29, 0.717) is 17.9 Å². The van der Waals surface area contributed by atoms with Crippen LogP contribution in [-0.4, -0.2) is 0 Å². The standard InChI is InChI=1S/C18H15BrClN/c19-16-6-2-5-15-13-3-1-4-14(13)17(21-18(15)16)11-7-9-12(20)10-8-11/h1-3,5-10,13-14,17,21H,4H2/t13-,14+,17-/m0/s1. The lowest BCUT2D eigenvalue weighted by Gasteiger charge is -2.38. The normalized spacial score (nSPS) is 26.1. The molecule has 0 radical (unpaired) electrons. The number of nitrogens with one attached hydrogen (secondary N) is 1. The summed E-state index contributed by atoms with van der Waals surface area (Å²) >= 11 is 9.71. The molecular formula is C18H15BrClN. The zero-order chi connectivity index (χ0) is 14.4. The molecule has 21 heavy (non-hydrogen) atoms. The van der Waals surface area contributed by atoms with Gasteiger partial charge in [-0.05, 0) is 57.6 Å². The van der Waals surface area contributed by atoms with Gasteiger partial charge in [-0.3, -0.25) is 0 Å². The highest BCUT2D eigenvalue weighted by molar-refractivity contribution is 9.10. The highest BCUT2D eigenvalue weighted by Gasteiger charge is 2.38. The molecule has 106 valence electrons. The van der Waals surface area contributed by atoms with Gasteiger partial charge in [0.05, 0.1) is 11.7 Å². The number of halogens is 2. The van der Waals surface area contributed by atoms with Crippen molar-refractivity contribution < 1.29 is 0 Å². The molecule has 0 fully saturated rings. The van der Waals surface area contributed by atoms with Crippen LogP contribution in [0.5, 0.6) is 0 Å². The van der Waals surface area contributed by atoms with E-state index in [2.05, 4.69) is 63.7 Å². The van der Waals surface area contributed by atoms with E-state index in [1.165, 1.54) is 16.8 Å². The van der Waals surface area contributed by atoms with Crippen LogP contribution in [0.15, 0.2) is 59.1 Å². The topological polar surface area (TPSA) is 12.0 Å². The monoisotopic (exact) mass is 359 g/mol. The molecule has 0 unspecified atom stereocenters. The smallest absolute Gasteiger partial charge is 0.0554 e. The Balaban J connectivity index is 1.81. The first-order valence-corrected chi connectivity index (χ1v) is 8.38. The van der Waals surface area contributed by atoms with Crippen LogP contribution < -0.4 is 5.32 Å². The maximum absolute atomic E-state index is 6.03. The summed E-state index contributed by atoms with van der Waals surface area (Å²) in [6.07, 6.45) is 5.80. The van der Waals surface area contributed by atoms with Gasteiger partial charge < -0.3 is 5.32 Å². The first-order valence-electron chi connectivity index (χ1n) is 7.21. The van der Waals surface area contributed by atoms with Gasteiger partial charge in [0.25, 0.3) is 0 Å². The Morgan fingerprint density at radius 1 is 1.10 bits per heavy atom. The van der Waals surface area contributed by atoms with Gasteiger partial charge in [0.1, 0.15) is 0 Å². The van der Waals surface area contributed by atoms with Crippen LogP contribution in [0.25, 0.3) is 0 Å². The number of anilines is 1. The summed E-state index contributed by atoms with van der Waals surface area (Å²) in [6, 6.07) is 15.0. The van der Waals surface area contributed by atoms with Crippen molar-refractivity contribution in [3.05, 3.63) is 75.2 Å². The van der Waals surface area contributed by atoms with Crippen molar-refractivity contribution in [2.75, 3.05) is 5.32 Å². The summed E-state index contributed by atoms with van der Waals surface area (Å²) in [7, 11) is 0. The van der Waals surface area contributed by atoms with Crippen molar-refractivity contribution in [2.24, 2.45) is 5.92 Å². The number of hydrogen-bond acceptors (Lipinski definition) is 1. The van der Waals surface area contributed by atoms with Crippen molar-refractivity contribution in [3.8, 4) is 0 Å². The summed E-state index contributed by atoms with van der Waals surface area (Å²) in [5, 5.41) is 4.53. The van der Waals surface area contributed by atoms with E-state index in [9.17, 15) is 0 Å². The van der Waals surface area contributed by atoms with Crippen LogP contribution in [0.3, 0.4) is 0 Å². The fourth-order valence-corrected chi connectivity index (χ4v) is 4.21. The van der Waals surface area contributed by atoms with E-state index >= 15 is 0 Å². The van der Waals surface area contributed by atoms with E-state index in [1.54, 1.807) is 0 Å². The van der Waals surface area contributed by atoms with Crippen LogP contribution in [0.4, 0.5) is 5.69 Å². The number of benzene rings is 2. The molecular weight excluding hydrogens is 346 g/mol. The third kappa shape index (κ3) is 2.21. The van der Waals surface area contributed by atoms with Gasteiger partial charge in [-0.2, -0.15) is 0 Å². The Morgan fingerprint density at radius 3 is 2.71 bits per heavy atom. The molecule has 0 bridgehead atoms. The van der Waals surface area contributed by atoms with Crippen molar-refractivity contribution in [2.45, 2.75) is 18.4 Å². The predicted octanol–water partition coefficient (Wildman–Crippen LogP) is 5.93. The number of fused-ring (bicyclic) bond motifs is 3. The maximum atomic E-state index is 6.03. The fraction of sp³-hybridized carbons (Fsp3) is 0.222. The molecule has 2 aromatic rings. The Labute approximate surface area is 138 Å². The van der Waals surface area contributed by atoms with Crippen LogP contribution in [-0.2, 0) is 0 Å². The lowest BCUT2D eigenvalue weighted by Crippen LogP contribution is -2.29. The van der Waals surface area contributed by atoms with Gasteiger partial charge in [0, 0.05) is 15.4 Å². The van der Waals surface area contributed by atoms with E-state index in [-0.39, 0.29) is 0 Å². The molecule has 0 aromatic heterocycles. The third-order valence-corrected chi connectivity index (χ3v) is 5.49. The number of rotatable bonds is 1. The van der Waals surface area contributed by atoms with Gasteiger partial charge in [-0.15, -0.1) is 0 Å². The van der Waals surface area contributed by atoms with Crippen molar-refractivity contribution in [1.29, 1.82) is 0 Å². The van der Waals surface area contributed by atoms with Gasteiger partial charge >= 0.3 is 0 Å². The van der Waals surface area contributed by atoms with Gasteiger partial charge in [0.2, 0.25) is 0 Å². The Kier molecular flexibility index (Phi) is 3.31. The number of para-hydroxylation sites is 1. The lowest BCUT2D eigenvalue weighted by molar-refractivity contribution is 0.425. The number of allylic oxidation sites excluding steroid dienone is 2. The van der Waals surface area contributed by atoms with Crippen LogP contribution in [0.1, 0.15) is 29.5 Å². The third-order valence-electron chi connectivity index (χ3n) is 4.58. The van der Waals surface area contributed by atoms with Crippen molar-refractivity contribution >= 4 is 33.2 Å². The SMILES string of the molecule is Clc1ccc([C@@H]2Nc3c(Br)cccc3[C@H]3C=CC[C@H]32)cc1. The minimum Gasteiger partial charge on any atom is -0.377 e. The molecule has 3 atom stereocenters. The van der Waals surface area contributed by atoms with E-state index < -0.39 is 0 Å². The van der Waals surface area contributed by atoms with Gasteiger partial charge in [-0.1, -0.05) is 48.0 Å². The zero-order valence-corrected chi connectivity index (χ0v) is 13.7. The van der Waals surface area contributed by atoms with Crippen molar-refractivity contribution in [1.82, 2.24) is 0 Å². The maximum Gasteiger partial charge on any atom is 0.0554 e. The molecule has 0 saturated carbocycles. The van der Waals surface area contributed by atoms with Gasteiger partial charge in [-0.25, -0.2) is 0 Å². The first-order chi connectivity index (χ1) is 10.2. The Morgan fingerprint density at radius 2 is 1.90 bits per heavy atom. The molecule has 4 rings (SSSR count). The largest absolute Gasteiger partial charge is 0.377 e. The minimum absolute atomic E-state index is 0.327. The summed E-state index contributed by atoms with van der Waals surface area (Å²) in [4.78, 5) is 0. The first kappa shape index (κ1) is 13.4. The van der Waals surface area contributed by atoms with E-state index in [1.807, 2.05) is 12.1 Å². The molecule has 2 aliphatic rings. The minimum atomic E-state index is 0.327. The molecule has 0 saturated heterocycles. The molecule has 1 aliphatic carbocycles. The molecule has 2 aromatic carbocycles. The molecule has 3 heteroatoms. The average molecular weight is 361 g/mol. The summed E-state index contributed by atoms with van der Waals surface area (Å²) in [5.74, 6) is 1.08. The average Bonchev–Trinajstić information content (AvgIpc) is 2.98. The highest BCUT2D eigenvalue weighted by Crippen LogP contribution is 2.51. The lowest BCUT2D eigenvalue weighted by atomic mass is 9.77. The second-order valence-corrected chi connectivity index (χ2v) is 7.02. The van der Waals surface area contributed by atoms with Crippen LogP contribution in [0, 0.1) is 5.92 Å². The summed E-state index contributed by atoms with van der Waals surface area (Å²) in [6.45, 7) is 0. The molecule has 1 N–H and O–H groups in total.